The Hall–Kier alpha value is -1.78. The van der Waals surface area contributed by atoms with Crippen LogP contribution in [0.5, 0.6) is 0 Å². The molecule has 1 N–H and O–H groups in total. The van der Waals surface area contributed by atoms with Crippen molar-refractivity contribution in [2.24, 2.45) is 0 Å². The lowest BCUT2D eigenvalue weighted by Crippen LogP contribution is -2.12. The highest BCUT2D eigenvalue weighted by atomic mass is 35.5. The molecule has 0 atom stereocenters. The molecule has 6 heteroatoms. The monoisotopic (exact) mass is 297 g/mol. The summed E-state index contributed by atoms with van der Waals surface area (Å²) in [5.41, 5.74) is 0.585. The lowest BCUT2D eigenvalue weighted by atomic mass is 10.1. The van der Waals surface area contributed by atoms with Gasteiger partial charge in [-0.05, 0) is 24.3 Å². The lowest BCUT2D eigenvalue weighted by molar-refractivity contribution is 0.0600. The van der Waals surface area contributed by atoms with E-state index in [9.17, 15) is 9.59 Å². The van der Waals surface area contributed by atoms with Crippen LogP contribution in [0, 0.1) is 0 Å². The van der Waals surface area contributed by atoms with Crippen LogP contribution in [0.4, 0.5) is 0 Å². The van der Waals surface area contributed by atoms with Gasteiger partial charge < -0.3 is 9.72 Å². The summed E-state index contributed by atoms with van der Waals surface area (Å²) in [6.07, 6.45) is 1.29. The first-order valence-corrected chi connectivity index (χ1v) is 6.05. The molecular weight excluding hydrogens is 289 g/mol. The third-order valence-electron chi connectivity index (χ3n) is 2.54. The van der Waals surface area contributed by atoms with Crippen molar-refractivity contribution in [2.45, 2.75) is 0 Å². The fourth-order valence-corrected chi connectivity index (χ4v) is 2.01. The fourth-order valence-electron chi connectivity index (χ4n) is 1.62. The van der Waals surface area contributed by atoms with Crippen molar-refractivity contribution in [3.8, 4) is 11.1 Å². The van der Waals surface area contributed by atoms with E-state index in [1.165, 1.54) is 19.4 Å². The summed E-state index contributed by atoms with van der Waals surface area (Å²) in [6.45, 7) is 0. The van der Waals surface area contributed by atoms with Crippen LogP contribution >= 0.6 is 23.2 Å². The number of H-pyrrole nitrogens is 1. The van der Waals surface area contributed by atoms with E-state index in [0.717, 1.165) is 0 Å². The van der Waals surface area contributed by atoms with Crippen LogP contribution in [0.1, 0.15) is 10.4 Å². The minimum Gasteiger partial charge on any atom is -0.465 e. The molecular formula is C13H9Cl2NO3. The van der Waals surface area contributed by atoms with Gasteiger partial charge in [-0.25, -0.2) is 4.79 Å². The standard InChI is InChI=1S/C13H9Cl2NO3/c1-19-13(18)7-4-10(12(17)16-6-7)9-5-8(14)2-3-11(9)15/h2-6H,1H3,(H,16,17). The quantitative estimate of drug-likeness (QED) is 0.866. The number of esters is 1. The Kier molecular flexibility index (Phi) is 3.93. The molecule has 2 aromatic rings. The molecule has 0 bridgehead atoms. The molecule has 0 aliphatic heterocycles. The third-order valence-corrected chi connectivity index (χ3v) is 3.11. The number of pyridine rings is 1. The first-order valence-electron chi connectivity index (χ1n) is 5.29. The molecule has 0 aliphatic rings. The largest absolute Gasteiger partial charge is 0.465 e. The molecule has 0 saturated carbocycles. The van der Waals surface area contributed by atoms with Gasteiger partial charge in [-0.15, -0.1) is 0 Å². The number of rotatable bonds is 2. The molecule has 0 fully saturated rings. The van der Waals surface area contributed by atoms with Gasteiger partial charge in [0.05, 0.1) is 12.7 Å². The lowest BCUT2D eigenvalue weighted by Gasteiger charge is -2.06. The van der Waals surface area contributed by atoms with Crippen molar-refractivity contribution >= 4 is 29.2 Å². The van der Waals surface area contributed by atoms with E-state index in [0.29, 0.717) is 15.6 Å². The van der Waals surface area contributed by atoms with E-state index in [4.69, 9.17) is 23.2 Å². The van der Waals surface area contributed by atoms with Gasteiger partial charge in [-0.2, -0.15) is 0 Å². The van der Waals surface area contributed by atoms with E-state index in [-0.39, 0.29) is 16.7 Å². The Morgan fingerprint density at radius 3 is 2.63 bits per heavy atom. The number of nitrogens with one attached hydrogen (secondary N) is 1. The van der Waals surface area contributed by atoms with Gasteiger partial charge in [0.25, 0.3) is 5.56 Å². The van der Waals surface area contributed by atoms with Crippen molar-refractivity contribution in [2.75, 3.05) is 7.11 Å². The van der Waals surface area contributed by atoms with E-state index in [2.05, 4.69) is 9.72 Å². The Balaban J connectivity index is 2.64. The number of hydrogen-bond donors (Lipinski definition) is 1. The second kappa shape index (κ2) is 5.47. The summed E-state index contributed by atoms with van der Waals surface area (Å²) < 4.78 is 4.60. The van der Waals surface area contributed by atoms with Gasteiger partial charge in [0, 0.05) is 27.4 Å². The molecule has 1 aromatic carbocycles. The molecule has 98 valence electrons. The number of methoxy groups -OCH3 is 1. The van der Waals surface area contributed by atoms with Crippen LogP contribution in [0.2, 0.25) is 10.0 Å². The van der Waals surface area contributed by atoms with Crippen LogP contribution in [0.25, 0.3) is 11.1 Å². The maximum absolute atomic E-state index is 11.8. The molecule has 0 aliphatic carbocycles. The average Bonchev–Trinajstić information content (AvgIpc) is 2.41. The zero-order chi connectivity index (χ0) is 14.0. The highest BCUT2D eigenvalue weighted by Crippen LogP contribution is 2.28. The van der Waals surface area contributed by atoms with Gasteiger partial charge in [-0.3, -0.25) is 4.79 Å². The van der Waals surface area contributed by atoms with Crippen LogP contribution in [-0.2, 0) is 4.74 Å². The third kappa shape index (κ3) is 2.80. The minimum atomic E-state index is -0.546. The Labute approximate surface area is 118 Å². The van der Waals surface area contributed by atoms with Crippen LogP contribution in [0.3, 0.4) is 0 Å². The second-order valence-corrected chi connectivity index (χ2v) is 4.59. The van der Waals surface area contributed by atoms with E-state index in [1.807, 2.05) is 0 Å². The zero-order valence-electron chi connectivity index (χ0n) is 9.87. The summed E-state index contributed by atoms with van der Waals surface area (Å²) in [5.74, 6) is -0.546. The summed E-state index contributed by atoms with van der Waals surface area (Å²) in [5, 5.41) is 0.819. The van der Waals surface area contributed by atoms with Gasteiger partial charge in [0.1, 0.15) is 0 Å². The predicted molar refractivity (Wildman–Crippen MR) is 73.9 cm³/mol. The first-order chi connectivity index (χ1) is 9.02. The van der Waals surface area contributed by atoms with E-state index < -0.39 is 5.97 Å². The smallest absolute Gasteiger partial charge is 0.339 e. The summed E-state index contributed by atoms with van der Waals surface area (Å²) in [4.78, 5) is 25.8. The number of hydrogen-bond acceptors (Lipinski definition) is 3. The number of aromatic amines is 1. The normalized spacial score (nSPS) is 10.3. The fraction of sp³-hybridized carbons (Fsp3) is 0.0769. The molecule has 0 amide bonds. The maximum Gasteiger partial charge on any atom is 0.339 e. The van der Waals surface area contributed by atoms with Gasteiger partial charge in [0.2, 0.25) is 0 Å². The molecule has 0 spiro atoms. The average molecular weight is 298 g/mol. The number of aromatic nitrogens is 1. The van der Waals surface area contributed by atoms with E-state index in [1.54, 1.807) is 18.2 Å². The SMILES string of the molecule is COC(=O)c1c[nH]c(=O)c(-c2cc(Cl)ccc2Cl)c1. The van der Waals surface area contributed by atoms with Gasteiger partial charge in [0.15, 0.2) is 0 Å². The Bertz CT molecular complexity index is 695. The molecule has 0 unspecified atom stereocenters. The predicted octanol–water partition coefficient (Wildman–Crippen LogP) is 3.14. The van der Waals surface area contributed by atoms with E-state index >= 15 is 0 Å². The number of carbonyl (C=O) groups excluding carboxylic acids is 1. The van der Waals surface area contributed by atoms with Crippen LogP contribution in [-0.4, -0.2) is 18.1 Å². The summed E-state index contributed by atoms with van der Waals surface area (Å²) >= 11 is 11.9. The second-order valence-electron chi connectivity index (χ2n) is 3.75. The van der Waals surface area contributed by atoms with Gasteiger partial charge >= 0.3 is 5.97 Å². The molecule has 1 heterocycles. The topological polar surface area (TPSA) is 59.2 Å². The summed E-state index contributed by atoms with van der Waals surface area (Å²) in [7, 11) is 1.26. The number of halogens is 2. The molecule has 2 rings (SSSR count). The number of ether oxygens (including phenoxy) is 1. The number of benzene rings is 1. The number of carbonyl (C=O) groups is 1. The van der Waals surface area contributed by atoms with Crippen molar-refractivity contribution in [1.82, 2.24) is 4.98 Å². The highest BCUT2D eigenvalue weighted by molar-refractivity contribution is 6.35. The Morgan fingerprint density at radius 1 is 1.21 bits per heavy atom. The Morgan fingerprint density at radius 2 is 1.95 bits per heavy atom. The van der Waals surface area contributed by atoms with Crippen molar-refractivity contribution in [1.29, 1.82) is 0 Å². The highest BCUT2D eigenvalue weighted by Gasteiger charge is 2.13. The molecule has 1 aromatic heterocycles. The van der Waals surface area contributed by atoms with Gasteiger partial charge in [-0.1, -0.05) is 23.2 Å². The van der Waals surface area contributed by atoms with Crippen molar-refractivity contribution in [3.05, 3.63) is 56.4 Å². The molecule has 0 saturated heterocycles. The van der Waals surface area contributed by atoms with Crippen molar-refractivity contribution in [3.63, 3.8) is 0 Å². The van der Waals surface area contributed by atoms with Crippen molar-refractivity contribution < 1.29 is 9.53 Å². The van der Waals surface area contributed by atoms with Crippen LogP contribution < -0.4 is 5.56 Å². The summed E-state index contributed by atoms with van der Waals surface area (Å²) in [6, 6.07) is 6.19. The zero-order valence-corrected chi connectivity index (χ0v) is 11.4. The first kappa shape index (κ1) is 13.6. The van der Waals surface area contributed by atoms with Crippen LogP contribution in [0.15, 0.2) is 35.3 Å². The molecule has 0 radical (unpaired) electrons. The minimum absolute atomic E-state index is 0.230. The molecule has 4 nitrogen and oxygen atoms in total. The molecule has 19 heavy (non-hydrogen) atoms. The maximum atomic E-state index is 11.8.